The minimum atomic E-state index is -0.882. The van der Waals surface area contributed by atoms with Gasteiger partial charge in [-0.15, -0.1) is 0 Å². The maximum Gasteiger partial charge on any atom is 0.257 e. The number of hydrogen-bond acceptors (Lipinski definition) is 7. The standard InChI is InChI=1S/C28H31ClN4O5/c1-32-13-15-33(16-14-32)28(35)24(19-37-18-20-7-4-3-5-8-20)31-26(34)22-9-6-12-30-27(22)38-25-11-10-21(36-2)17-23(25)29/h3-12,17,24H,13-16,18-19H2,1-2H3,(H,31,34)/t24-/m1/s1. The number of nitrogens with one attached hydrogen (secondary N) is 1. The predicted molar refractivity (Wildman–Crippen MR) is 144 cm³/mol. The number of pyridine rings is 1. The fraction of sp³-hybridized carbons (Fsp3) is 0.321. The van der Waals surface area contributed by atoms with Gasteiger partial charge in [0.1, 0.15) is 23.1 Å². The van der Waals surface area contributed by atoms with E-state index in [1.807, 2.05) is 37.4 Å². The third-order valence-electron chi connectivity index (χ3n) is 6.18. The number of aromatic nitrogens is 1. The van der Waals surface area contributed by atoms with Gasteiger partial charge in [-0.25, -0.2) is 4.98 Å². The largest absolute Gasteiger partial charge is 0.497 e. The number of rotatable bonds is 10. The number of methoxy groups -OCH3 is 1. The highest BCUT2D eigenvalue weighted by atomic mass is 35.5. The van der Waals surface area contributed by atoms with Gasteiger partial charge in [-0.3, -0.25) is 9.59 Å². The van der Waals surface area contributed by atoms with Crippen LogP contribution in [-0.4, -0.2) is 79.6 Å². The lowest BCUT2D eigenvalue weighted by atomic mass is 10.2. The Bertz CT molecular complexity index is 1230. The summed E-state index contributed by atoms with van der Waals surface area (Å²) in [4.78, 5) is 35.0. The molecular weight excluding hydrogens is 508 g/mol. The van der Waals surface area contributed by atoms with E-state index in [-0.39, 0.29) is 24.0 Å². The second-order valence-corrected chi connectivity index (χ2v) is 9.32. The second-order valence-electron chi connectivity index (χ2n) is 8.91. The van der Waals surface area contributed by atoms with Crippen molar-refractivity contribution in [3.8, 4) is 17.4 Å². The third-order valence-corrected chi connectivity index (χ3v) is 6.47. The van der Waals surface area contributed by atoms with Gasteiger partial charge in [0, 0.05) is 38.4 Å². The fourth-order valence-corrected chi connectivity index (χ4v) is 4.18. The van der Waals surface area contributed by atoms with E-state index >= 15 is 0 Å². The molecule has 3 aromatic rings. The van der Waals surface area contributed by atoms with Gasteiger partial charge >= 0.3 is 0 Å². The average Bonchev–Trinajstić information content (AvgIpc) is 2.94. The van der Waals surface area contributed by atoms with Gasteiger partial charge in [-0.2, -0.15) is 0 Å². The van der Waals surface area contributed by atoms with Crippen molar-refractivity contribution < 1.29 is 23.8 Å². The molecule has 2 aromatic carbocycles. The summed E-state index contributed by atoms with van der Waals surface area (Å²) in [5, 5.41) is 3.15. The van der Waals surface area contributed by atoms with E-state index in [4.69, 9.17) is 25.8 Å². The van der Waals surface area contributed by atoms with Crippen molar-refractivity contribution in [2.24, 2.45) is 0 Å². The van der Waals surface area contributed by atoms with Crippen LogP contribution in [0, 0.1) is 0 Å². The molecule has 0 radical (unpaired) electrons. The van der Waals surface area contributed by atoms with Crippen molar-refractivity contribution in [2.75, 3.05) is 46.9 Å². The molecule has 1 atom stereocenters. The van der Waals surface area contributed by atoms with Crippen LogP contribution in [0.4, 0.5) is 0 Å². The first-order valence-electron chi connectivity index (χ1n) is 12.3. The summed E-state index contributed by atoms with van der Waals surface area (Å²) >= 11 is 6.32. The zero-order valence-electron chi connectivity index (χ0n) is 21.4. The zero-order chi connectivity index (χ0) is 26.9. The number of likely N-dealkylation sites (N-methyl/N-ethyl adjacent to an activating group) is 1. The van der Waals surface area contributed by atoms with Crippen LogP contribution < -0.4 is 14.8 Å². The number of hydrogen-bond donors (Lipinski definition) is 1. The summed E-state index contributed by atoms with van der Waals surface area (Å²) in [7, 11) is 3.56. The van der Waals surface area contributed by atoms with Crippen molar-refractivity contribution in [1.82, 2.24) is 20.1 Å². The smallest absolute Gasteiger partial charge is 0.257 e. The Hall–Kier alpha value is -3.66. The number of ether oxygens (including phenoxy) is 3. The van der Waals surface area contributed by atoms with E-state index in [1.165, 1.54) is 13.3 Å². The highest BCUT2D eigenvalue weighted by molar-refractivity contribution is 6.32. The number of halogens is 1. The Kier molecular flexibility index (Phi) is 9.53. The van der Waals surface area contributed by atoms with Crippen LogP contribution in [0.3, 0.4) is 0 Å². The quantitative estimate of drug-likeness (QED) is 0.421. The molecule has 0 aliphatic carbocycles. The number of nitrogens with zero attached hydrogens (tertiary/aromatic N) is 3. The van der Waals surface area contributed by atoms with Crippen LogP contribution in [0.1, 0.15) is 15.9 Å². The van der Waals surface area contributed by atoms with Gasteiger partial charge in [-0.05, 0) is 36.9 Å². The van der Waals surface area contributed by atoms with Crippen LogP contribution in [0.5, 0.6) is 17.4 Å². The number of piperazine rings is 1. The summed E-state index contributed by atoms with van der Waals surface area (Å²) in [5.74, 6) is 0.254. The van der Waals surface area contributed by atoms with E-state index in [1.54, 1.807) is 35.2 Å². The Labute approximate surface area is 227 Å². The molecule has 200 valence electrons. The van der Waals surface area contributed by atoms with Gasteiger partial charge < -0.3 is 29.3 Å². The van der Waals surface area contributed by atoms with Crippen molar-refractivity contribution in [2.45, 2.75) is 12.6 Å². The van der Waals surface area contributed by atoms with Crippen LogP contribution in [0.15, 0.2) is 66.9 Å². The predicted octanol–water partition coefficient (Wildman–Crippen LogP) is 3.63. The minimum absolute atomic E-state index is 0.0204. The monoisotopic (exact) mass is 538 g/mol. The molecule has 0 unspecified atom stereocenters. The third kappa shape index (κ3) is 7.22. The molecule has 1 N–H and O–H groups in total. The van der Waals surface area contributed by atoms with Gasteiger partial charge in [0.2, 0.25) is 11.8 Å². The molecule has 1 saturated heterocycles. The molecule has 1 aliphatic heterocycles. The molecule has 0 saturated carbocycles. The zero-order valence-corrected chi connectivity index (χ0v) is 22.2. The van der Waals surface area contributed by atoms with Gasteiger partial charge in [0.25, 0.3) is 5.91 Å². The van der Waals surface area contributed by atoms with E-state index < -0.39 is 11.9 Å². The molecule has 1 aromatic heterocycles. The first-order valence-corrected chi connectivity index (χ1v) is 12.7. The topological polar surface area (TPSA) is 93.2 Å². The van der Waals surface area contributed by atoms with Gasteiger partial charge in [-0.1, -0.05) is 41.9 Å². The lowest BCUT2D eigenvalue weighted by Crippen LogP contribution is -2.55. The van der Waals surface area contributed by atoms with Gasteiger partial charge in [0.05, 0.1) is 25.3 Å². The Morgan fingerprint density at radius 1 is 1.05 bits per heavy atom. The first-order chi connectivity index (χ1) is 18.4. The van der Waals surface area contributed by atoms with E-state index in [0.717, 1.165) is 18.7 Å². The van der Waals surface area contributed by atoms with E-state index in [2.05, 4.69) is 15.2 Å². The summed E-state index contributed by atoms with van der Waals surface area (Å²) in [6.07, 6.45) is 1.51. The molecular formula is C28H31ClN4O5. The SMILES string of the molecule is COc1ccc(Oc2ncccc2C(=O)N[C@H](COCc2ccccc2)C(=O)N2CCN(C)CC2)c(Cl)c1. The number of carbonyl (C=O) groups excluding carboxylic acids is 2. The molecule has 1 aliphatic rings. The molecule has 9 nitrogen and oxygen atoms in total. The molecule has 0 spiro atoms. The van der Waals surface area contributed by atoms with Crippen molar-refractivity contribution >= 4 is 23.4 Å². The van der Waals surface area contributed by atoms with Crippen LogP contribution in [0.25, 0.3) is 0 Å². The second kappa shape index (κ2) is 13.2. The van der Waals surface area contributed by atoms with E-state index in [0.29, 0.717) is 36.2 Å². The molecule has 4 rings (SSSR count). The van der Waals surface area contributed by atoms with Crippen LogP contribution in [-0.2, 0) is 16.1 Å². The molecule has 10 heteroatoms. The maximum absolute atomic E-state index is 13.4. The van der Waals surface area contributed by atoms with Crippen molar-refractivity contribution in [3.63, 3.8) is 0 Å². The summed E-state index contributed by atoms with van der Waals surface area (Å²) in [5.41, 5.74) is 1.14. The number of amides is 2. The summed E-state index contributed by atoms with van der Waals surface area (Å²) in [6, 6.07) is 16.9. The number of carbonyl (C=O) groups is 2. The fourth-order valence-electron chi connectivity index (χ4n) is 3.97. The van der Waals surface area contributed by atoms with E-state index in [9.17, 15) is 9.59 Å². The maximum atomic E-state index is 13.4. The lowest BCUT2D eigenvalue weighted by Gasteiger charge is -2.34. The Morgan fingerprint density at radius 2 is 1.82 bits per heavy atom. The van der Waals surface area contributed by atoms with Crippen molar-refractivity contribution in [1.29, 1.82) is 0 Å². The van der Waals surface area contributed by atoms with Gasteiger partial charge in [0.15, 0.2) is 0 Å². The molecule has 2 heterocycles. The summed E-state index contributed by atoms with van der Waals surface area (Å²) in [6.45, 7) is 3.03. The molecule has 38 heavy (non-hydrogen) atoms. The summed E-state index contributed by atoms with van der Waals surface area (Å²) < 4.78 is 16.9. The molecule has 2 amide bonds. The van der Waals surface area contributed by atoms with Crippen molar-refractivity contribution in [3.05, 3.63) is 83.0 Å². The first kappa shape index (κ1) is 27.4. The minimum Gasteiger partial charge on any atom is -0.497 e. The normalized spacial score (nSPS) is 14.6. The Morgan fingerprint density at radius 3 is 2.53 bits per heavy atom. The highest BCUT2D eigenvalue weighted by Gasteiger charge is 2.29. The van der Waals surface area contributed by atoms with Crippen LogP contribution in [0.2, 0.25) is 5.02 Å². The Balaban J connectivity index is 1.49. The molecule has 1 fully saturated rings. The average molecular weight is 539 g/mol. The number of benzene rings is 2. The molecule has 0 bridgehead atoms. The van der Waals surface area contributed by atoms with Crippen LogP contribution >= 0.6 is 11.6 Å². The lowest BCUT2D eigenvalue weighted by molar-refractivity contribution is -0.136. The highest BCUT2D eigenvalue weighted by Crippen LogP contribution is 2.32.